The molecule has 0 amide bonds. The molecule has 0 aliphatic carbocycles. The Balaban J connectivity index is 2.29. The Labute approximate surface area is 109 Å². The van der Waals surface area contributed by atoms with Gasteiger partial charge in [-0.15, -0.1) is 0 Å². The zero-order chi connectivity index (χ0) is 14.8. The number of nitro groups is 1. The summed E-state index contributed by atoms with van der Waals surface area (Å²) in [6.45, 7) is -0.0152. The van der Waals surface area contributed by atoms with Gasteiger partial charge in [0.15, 0.2) is 0 Å². The topological polar surface area (TPSA) is 94.1 Å². The summed E-state index contributed by atoms with van der Waals surface area (Å²) >= 11 is 0. The molecule has 0 radical (unpaired) electrons. The Morgan fingerprint density at radius 2 is 2.20 bits per heavy atom. The standard InChI is InChI=1S/C10H7F3N4O3/c11-10(12,13)9-3-7(8(5-15-9)17(18)19)14-4-6-1-2-20-16-6/h1-3,5H,4H2,(H,14,15). The third-order valence-electron chi connectivity index (χ3n) is 2.32. The number of rotatable bonds is 4. The van der Waals surface area contributed by atoms with Crippen molar-refractivity contribution in [3.8, 4) is 0 Å². The predicted octanol–water partition coefficient (Wildman–Crippen LogP) is 2.61. The van der Waals surface area contributed by atoms with Crippen molar-refractivity contribution in [2.45, 2.75) is 12.7 Å². The van der Waals surface area contributed by atoms with E-state index in [0.29, 0.717) is 18.0 Å². The molecule has 0 aromatic carbocycles. The van der Waals surface area contributed by atoms with Crippen LogP contribution in [0.25, 0.3) is 0 Å². The summed E-state index contributed by atoms with van der Waals surface area (Å²) in [5.74, 6) is 0. The number of alkyl halides is 3. The molecule has 0 saturated carbocycles. The number of hydrogen-bond acceptors (Lipinski definition) is 6. The van der Waals surface area contributed by atoms with Crippen LogP contribution in [0.4, 0.5) is 24.5 Å². The van der Waals surface area contributed by atoms with Gasteiger partial charge in [-0.3, -0.25) is 10.1 Å². The van der Waals surface area contributed by atoms with Crippen molar-refractivity contribution in [2.24, 2.45) is 0 Å². The molecule has 2 aromatic heterocycles. The molecule has 0 saturated heterocycles. The van der Waals surface area contributed by atoms with Crippen LogP contribution in [0.3, 0.4) is 0 Å². The monoisotopic (exact) mass is 288 g/mol. The molecule has 10 heteroatoms. The summed E-state index contributed by atoms with van der Waals surface area (Å²) in [5.41, 5.74) is -1.67. The molecule has 0 spiro atoms. The van der Waals surface area contributed by atoms with Crippen LogP contribution in [-0.2, 0) is 12.7 Å². The van der Waals surface area contributed by atoms with Gasteiger partial charge in [0.2, 0.25) is 0 Å². The first-order valence-electron chi connectivity index (χ1n) is 5.22. The van der Waals surface area contributed by atoms with E-state index < -0.39 is 22.5 Å². The zero-order valence-electron chi connectivity index (χ0n) is 9.72. The number of nitrogens with zero attached hydrogens (tertiary/aromatic N) is 3. The number of anilines is 1. The molecule has 0 aliphatic rings. The van der Waals surface area contributed by atoms with Gasteiger partial charge in [-0.1, -0.05) is 5.16 Å². The molecular formula is C10H7F3N4O3. The molecule has 0 unspecified atom stereocenters. The van der Waals surface area contributed by atoms with Gasteiger partial charge in [0.25, 0.3) is 0 Å². The summed E-state index contributed by atoms with van der Waals surface area (Å²) in [7, 11) is 0. The lowest BCUT2D eigenvalue weighted by Crippen LogP contribution is -2.11. The van der Waals surface area contributed by atoms with Crippen LogP contribution >= 0.6 is 0 Å². The first-order valence-corrected chi connectivity index (χ1v) is 5.22. The molecule has 2 rings (SSSR count). The third kappa shape index (κ3) is 3.02. The first-order chi connectivity index (χ1) is 9.38. The lowest BCUT2D eigenvalue weighted by molar-refractivity contribution is -0.384. The summed E-state index contributed by atoms with van der Waals surface area (Å²) in [6, 6.07) is 2.06. The molecule has 1 N–H and O–H groups in total. The fourth-order valence-corrected chi connectivity index (χ4v) is 1.40. The van der Waals surface area contributed by atoms with Crippen LogP contribution in [0.15, 0.2) is 29.1 Å². The van der Waals surface area contributed by atoms with E-state index in [1.807, 2.05) is 0 Å². The highest BCUT2D eigenvalue weighted by Gasteiger charge is 2.34. The van der Waals surface area contributed by atoms with Crippen molar-refractivity contribution >= 4 is 11.4 Å². The molecule has 2 heterocycles. The van der Waals surface area contributed by atoms with Crippen LogP contribution in [0.5, 0.6) is 0 Å². The maximum absolute atomic E-state index is 12.5. The van der Waals surface area contributed by atoms with Gasteiger partial charge in [0, 0.05) is 6.07 Å². The number of pyridine rings is 1. The average molecular weight is 288 g/mol. The van der Waals surface area contributed by atoms with Crippen LogP contribution in [-0.4, -0.2) is 15.1 Å². The summed E-state index contributed by atoms with van der Waals surface area (Å²) in [4.78, 5) is 13.0. The second kappa shape index (κ2) is 5.15. The third-order valence-corrected chi connectivity index (χ3v) is 2.32. The Kier molecular flexibility index (Phi) is 3.55. The predicted molar refractivity (Wildman–Crippen MR) is 59.7 cm³/mol. The van der Waals surface area contributed by atoms with Crippen LogP contribution in [0, 0.1) is 10.1 Å². The van der Waals surface area contributed by atoms with E-state index in [4.69, 9.17) is 0 Å². The van der Waals surface area contributed by atoms with E-state index in [0.717, 1.165) is 0 Å². The number of hydrogen-bond donors (Lipinski definition) is 1. The summed E-state index contributed by atoms with van der Waals surface area (Å²) < 4.78 is 42.1. The quantitative estimate of drug-likeness (QED) is 0.686. The normalized spacial score (nSPS) is 11.3. The number of nitrogens with one attached hydrogen (secondary N) is 1. The van der Waals surface area contributed by atoms with Crippen molar-refractivity contribution in [3.05, 3.63) is 46.1 Å². The van der Waals surface area contributed by atoms with Crippen molar-refractivity contribution in [2.75, 3.05) is 5.32 Å². The molecular weight excluding hydrogens is 281 g/mol. The highest BCUT2D eigenvalue weighted by atomic mass is 19.4. The summed E-state index contributed by atoms with van der Waals surface area (Å²) in [5, 5.41) is 16.8. The molecule has 2 aromatic rings. The van der Waals surface area contributed by atoms with E-state index in [1.165, 1.54) is 12.3 Å². The van der Waals surface area contributed by atoms with Crippen molar-refractivity contribution in [1.29, 1.82) is 0 Å². The van der Waals surface area contributed by atoms with Crippen molar-refractivity contribution in [1.82, 2.24) is 10.1 Å². The van der Waals surface area contributed by atoms with Crippen LogP contribution in [0.2, 0.25) is 0 Å². The van der Waals surface area contributed by atoms with E-state index >= 15 is 0 Å². The first kappa shape index (κ1) is 13.8. The van der Waals surface area contributed by atoms with Crippen LogP contribution < -0.4 is 5.32 Å². The molecule has 106 valence electrons. The summed E-state index contributed by atoms with van der Waals surface area (Å²) in [6.07, 6.45) is -2.84. The Morgan fingerprint density at radius 1 is 1.45 bits per heavy atom. The minimum Gasteiger partial charge on any atom is -0.374 e. The highest BCUT2D eigenvalue weighted by Crippen LogP contribution is 2.32. The minimum absolute atomic E-state index is 0.0152. The SMILES string of the molecule is O=[N+]([O-])c1cnc(C(F)(F)F)cc1NCc1ccon1. The second-order valence-corrected chi connectivity index (χ2v) is 3.69. The smallest absolute Gasteiger partial charge is 0.374 e. The average Bonchev–Trinajstić information content (AvgIpc) is 2.87. The lowest BCUT2D eigenvalue weighted by atomic mass is 10.2. The fourth-order valence-electron chi connectivity index (χ4n) is 1.40. The van der Waals surface area contributed by atoms with Gasteiger partial charge in [-0.05, 0) is 6.07 Å². The van der Waals surface area contributed by atoms with Gasteiger partial charge in [-0.2, -0.15) is 13.2 Å². The van der Waals surface area contributed by atoms with Crippen molar-refractivity contribution in [3.63, 3.8) is 0 Å². The van der Waals surface area contributed by atoms with Gasteiger partial charge >= 0.3 is 11.9 Å². The largest absolute Gasteiger partial charge is 0.433 e. The number of aromatic nitrogens is 2. The molecule has 20 heavy (non-hydrogen) atoms. The lowest BCUT2D eigenvalue weighted by Gasteiger charge is -2.09. The Bertz CT molecular complexity index is 613. The Hall–Kier alpha value is -2.65. The molecule has 0 bridgehead atoms. The van der Waals surface area contributed by atoms with Gasteiger partial charge in [0.1, 0.15) is 29.5 Å². The van der Waals surface area contributed by atoms with Gasteiger partial charge in [0.05, 0.1) is 11.5 Å². The molecule has 7 nitrogen and oxygen atoms in total. The van der Waals surface area contributed by atoms with Crippen LogP contribution in [0.1, 0.15) is 11.4 Å². The number of halogens is 3. The van der Waals surface area contributed by atoms with Gasteiger partial charge < -0.3 is 9.84 Å². The molecule has 0 fully saturated rings. The van der Waals surface area contributed by atoms with E-state index in [9.17, 15) is 23.3 Å². The van der Waals surface area contributed by atoms with Crippen molar-refractivity contribution < 1.29 is 22.6 Å². The zero-order valence-corrected chi connectivity index (χ0v) is 9.72. The molecule has 0 atom stereocenters. The van der Waals surface area contributed by atoms with E-state index in [-0.39, 0.29) is 12.2 Å². The minimum atomic E-state index is -4.68. The highest BCUT2D eigenvalue weighted by molar-refractivity contribution is 5.61. The molecule has 0 aliphatic heterocycles. The van der Waals surface area contributed by atoms with E-state index in [2.05, 4.69) is 20.0 Å². The maximum atomic E-state index is 12.5. The Morgan fingerprint density at radius 3 is 2.75 bits per heavy atom. The van der Waals surface area contributed by atoms with E-state index in [1.54, 1.807) is 0 Å². The maximum Gasteiger partial charge on any atom is 0.433 e. The van der Waals surface area contributed by atoms with Gasteiger partial charge in [-0.25, -0.2) is 4.98 Å². The second-order valence-electron chi connectivity index (χ2n) is 3.69. The fraction of sp³-hybridized carbons (Fsp3) is 0.200.